The van der Waals surface area contributed by atoms with Crippen molar-refractivity contribution >= 4 is 0 Å². The highest BCUT2D eigenvalue weighted by atomic mass is 16.5. The fourth-order valence-corrected chi connectivity index (χ4v) is 1.61. The van der Waals surface area contributed by atoms with Crippen molar-refractivity contribution in [3.8, 4) is 0 Å². The molecule has 0 aliphatic heterocycles. The van der Waals surface area contributed by atoms with Gasteiger partial charge in [-0.15, -0.1) is 0 Å². The molecule has 2 atom stereocenters. The van der Waals surface area contributed by atoms with E-state index in [4.69, 9.17) is 9.47 Å². The minimum Gasteiger partial charge on any atom is -0.385 e. The van der Waals surface area contributed by atoms with E-state index in [1.165, 1.54) is 12.8 Å². The predicted molar refractivity (Wildman–Crippen MR) is 68.8 cm³/mol. The molecule has 0 saturated heterocycles. The van der Waals surface area contributed by atoms with Crippen LogP contribution >= 0.6 is 0 Å². The molecule has 0 saturated carbocycles. The van der Waals surface area contributed by atoms with Crippen LogP contribution in [-0.4, -0.2) is 39.5 Å². The van der Waals surface area contributed by atoms with Crippen molar-refractivity contribution in [1.29, 1.82) is 0 Å². The van der Waals surface area contributed by atoms with Crippen molar-refractivity contribution < 1.29 is 9.47 Å². The molecule has 0 aliphatic carbocycles. The summed E-state index contributed by atoms with van der Waals surface area (Å²) < 4.78 is 10.8. The van der Waals surface area contributed by atoms with E-state index >= 15 is 0 Å². The second-order valence-corrected chi connectivity index (χ2v) is 4.59. The van der Waals surface area contributed by atoms with Gasteiger partial charge in [-0.25, -0.2) is 0 Å². The van der Waals surface area contributed by atoms with Crippen molar-refractivity contribution in [1.82, 2.24) is 5.32 Å². The molecule has 0 bridgehead atoms. The summed E-state index contributed by atoms with van der Waals surface area (Å²) in [5, 5.41) is 3.37. The van der Waals surface area contributed by atoms with Crippen molar-refractivity contribution in [2.75, 3.05) is 33.4 Å². The molecule has 0 spiro atoms. The summed E-state index contributed by atoms with van der Waals surface area (Å²) in [6.45, 7) is 10.3. The van der Waals surface area contributed by atoms with Gasteiger partial charge in [0.1, 0.15) is 0 Å². The van der Waals surface area contributed by atoms with E-state index in [0.29, 0.717) is 12.0 Å². The lowest BCUT2D eigenvalue weighted by Crippen LogP contribution is -2.29. The molecular formula is C13H29NO2. The fourth-order valence-electron chi connectivity index (χ4n) is 1.61. The summed E-state index contributed by atoms with van der Waals surface area (Å²) in [5.74, 6) is 0.681. The van der Waals surface area contributed by atoms with E-state index in [2.05, 4.69) is 26.1 Å². The lowest BCUT2D eigenvalue weighted by molar-refractivity contribution is 0.0420. The number of rotatable bonds is 11. The topological polar surface area (TPSA) is 30.5 Å². The van der Waals surface area contributed by atoms with E-state index in [1.807, 2.05) is 0 Å². The minimum absolute atomic E-state index is 0.307. The Balaban J connectivity index is 3.27. The first-order valence-corrected chi connectivity index (χ1v) is 6.51. The van der Waals surface area contributed by atoms with Crippen LogP contribution in [0.2, 0.25) is 0 Å². The summed E-state index contributed by atoms with van der Waals surface area (Å²) in [5.41, 5.74) is 0. The van der Waals surface area contributed by atoms with Gasteiger partial charge in [0.25, 0.3) is 0 Å². The number of nitrogens with one attached hydrogen (secondary N) is 1. The third-order valence-corrected chi connectivity index (χ3v) is 2.58. The molecule has 16 heavy (non-hydrogen) atoms. The predicted octanol–water partition coefficient (Wildman–Crippen LogP) is 2.45. The van der Waals surface area contributed by atoms with Crippen LogP contribution in [0.1, 0.15) is 40.0 Å². The second kappa shape index (κ2) is 11.4. The van der Waals surface area contributed by atoms with Crippen LogP contribution in [0.4, 0.5) is 0 Å². The van der Waals surface area contributed by atoms with Gasteiger partial charge >= 0.3 is 0 Å². The van der Waals surface area contributed by atoms with Gasteiger partial charge in [-0.1, -0.05) is 20.3 Å². The Kier molecular flexibility index (Phi) is 11.3. The zero-order chi connectivity index (χ0) is 12.2. The molecule has 0 fully saturated rings. The van der Waals surface area contributed by atoms with Crippen LogP contribution in [0.3, 0.4) is 0 Å². The fraction of sp³-hybridized carbons (Fsp3) is 1.00. The molecule has 0 radical (unpaired) electrons. The van der Waals surface area contributed by atoms with E-state index in [0.717, 1.165) is 32.7 Å². The average molecular weight is 231 g/mol. The van der Waals surface area contributed by atoms with Crippen LogP contribution < -0.4 is 5.32 Å². The van der Waals surface area contributed by atoms with Crippen LogP contribution in [-0.2, 0) is 9.47 Å². The van der Waals surface area contributed by atoms with Crippen molar-refractivity contribution in [2.45, 2.75) is 46.1 Å². The molecule has 1 N–H and O–H groups in total. The number of ether oxygens (including phenoxy) is 2. The Morgan fingerprint density at radius 3 is 2.62 bits per heavy atom. The van der Waals surface area contributed by atoms with E-state index < -0.39 is 0 Å². The Morgan fingerprint density at radius 2 is 2.00 bits per heavy atom. The molecule has 0 aromatic rings. The Labute approximate surface area is 101 Å². The van der Waals surface area contributed by atoms with Crippen molar-refractivity contribution in [2.24, 2.45) is 5.92 Å². The molecule has 0 aromatic heterocycles. The molecule has 0 rings (SSSR count). The molecule has 0 amide bonds. The van der Waals surface area contributed by atoms with Crippen LogP contribution in [0.15, 0.2) is 0 Å². The van der Waals surface area contributed by atoms with Gasteiger partial charge in [0.05, 0.1) is 6.10 Å². The highest BCUT2D eigenvalue weighted by Gasteiger charge is 2.05. The Hall–Kier alpha value is -0.120. The highest BCUT2D eigenvalue weighted by molar-refractivity contribution is 4.57. The molecule has 0 heterocycles. The Morgan fingerprint density at radius 1 is 1.25 bits per heavy atom. The molecular weight excluding hydrogens is 202 g/mol. The second-order valence-electron chi connectivity index (χ2n) is 4.59. The molecule has 0 aliphatic rings. The monoisotopic (exact) mass is 231 g/mol. The van der Waals surface area contributed by atoms with Gasteiger partial charge in [-0.2, -0.15) is 0 Å². The average Bonchev–Trinajstić information content (AvgIpc) is 2.26. The maximum absolute atomic E-state index is 5.77. The number of methoxy groups -OCH3 is 1. The van der Waals surface area contributed by atoms with Crippen LogP contribution in [0, 0.1) is 5.92 Å². The van der Waals surface area contributed by atoms with E-state index in [9.17, 15) is 0 Å². The largest absolute Gasteiger partial charge is 0.385 e. The standard InChI is InChI=1S/C13H29NO2/c1-5-7-12(2)11-16-13(3)10-14-8-6-9-15-4/h12-14H,5-11H2,1-4H3. The summed E-state index contributed by atoms with van der Waals surface area (Å²) in [4.78, 5) is 0. The van der Waals surface area contributed by atoms with Crippen LogP contribution in [0.5, 0.6) is 0 Å². The van der Waals surface area contributed by atoms with Gasteiger partial charge in [-0.3, -0.25) is 0 Å². The van der Waals surface area contributed by atoms with Gasteiger partial charge in [-0.05, 0) is 32.2 Å². The summed E-state index contributed by atoms with van der Waals surface area (Å²) in [6, 6.07) is 0. The SMILES string of the molecule is CCCC(C)COC(C)CNCCCOC. The Bertz CT molecular complexity index is 142. The number of hydrogen-bond donors (Lipinski definition) is 1. The normalized spacial score (nSPS) is 15.0. The lowest BCUT2D eigenvalue weighted by Gasteiger charge is -2.17. The molecule has 3 nitrogen and oxygen atoms in total. The minimum atomic E-state index is 0.307. The van der Waals surface area contributed by atoms with Crippen molar-refractivity contribution in [3.05, 3.63) is 0 Å². The van der Waals surface area contributed by atoms with Crippen molar-refractivity contribution in [3.63, 3.8) is 0 Å². The van der Waals surface area contributed by atoms with E-state index in [1.54, 1.807) is 7.11 Å². The summed E-state index contributed by atoms with van der Waals surface area (Å²) in [6.07, 6.45) is 3.87. The highest BCUT2D eigenvalue weighted by Crippen LogP contribution is 2.06. The smallest absolute Gasteiger partial charge is 0.0671 e. The summed E-state index contributed by atoms with van der Waals surface area (Å²) >= 11 is 0. The van der Waals surface area contributed by atoms with Crippen LogP contribution in [0.25, 0.3) is 0 Å². The lowest BCUT2D eigenvalue weighted by atomic mass is 10.1. The third kappa shape index (κ3) is 10.4. The quantitative estimate of drug-likeness (QED) is 0.554. The zero-order valence-corrected chi connectivity index (χ0v) is 11.4. The number of hydrogen-bond acceptors (Lipinski definition) is 3. The zero-order valence-electron chi connectivity index (χ0n) is 11.4. The first kappa shape index (κ1) is 15.9. The molecule has 98 valence electrons. The first-order chi connectivity index (χ1) is 7.70. The maximum Gasteiger partial charge on any atom is 0.0671 e. The van der Waals surface area contributed by atoms with Gasteiger partial charge < -0.3 is 14.8 Å². The first-order valence-electron chi connectivity index (χ1n) is 6.51. The van der Waals surface area contributed by atoms with E-state index in [-0.39, 0.29) is 0 Å². The van der Waals surface area contributed by atoms with Gasteiger partial charge in [0.2, 0.25) is 0 Å². The molecule has 3 heteroatoms. The summed E-state index contributed by atoms with van der Waals surface area (Å²) in [7, 11) is 1.74. The van der Waals surface area contributed by atoms with Gasteiger partial charge in [0.15, 0.2) is 0 Å². The maximum atomic E-state index is 5.77. The third-order valence-electron chi connectivity index (χ3n) is 2.58. The molecule has 2 unspecified atom stereocenters. The van der Waals surface area contributed by atoms with Gasteiger partial charge in [0, 0.05) is 26.9 Å². The molecule has 0 aromatic carbocycles.